The van der Waals surface area contributed by atoms with Crippen LogP contribution >= 0.6 is 11.8 Å². The van der Waals surface area contributed by atoms with Gasteiger partial charge in [-0.25, -0.2) is 0 Å². The fourth-order valence-electron chi connectivity index (χ4n) is 1.95. The molecule has 0 aromatic heterocycles. The first kappa shape index (κ1) is 15.2. The Morgan fingerprint density at radius 3 is 2.33 bits per heavy atom. The first-order chi connectivity index (χ1) is 10.3. The number of carbonyl (C=O) groups is 1. The van der Waals surface area contributed by atoms with E-state index in [4.69, 9.17) is 5.53 Å². The lowest BCUT2D eigenvalue weighted by molar-refractivity contribution is 0.108. The molecule has 1 atom stereocenters. The van der Waals surface area contributed by atoms with Gasteiger partial charge in [-0.15, -0.1) is 0 Å². The lowest BCUT2D eigenvalue weighted by Gasteiger charge is -2.15. The quantitative estimate of drug-likeness (QED) is 0.427. The van der Waals surface area contributed by atoms with E-state index < -0.39 is 0 Å². The number of hydrogen-bond donors (Lipinski definition) is 0. The van der Waals surface area contributed by atoms with Gasteiger partial charge in [0.15, 0.2) is 0 Å². The molecule has 106 valence electrons. The van der Waals surface area contributed by atoms with E-state index in [9.17, 15) is 4.79 Å². The monoisotopic (exact) mass is 297 g/mol. The van der Waals surface area contributed by atoms with E-state index in [1.54, 1.807) is 0 Å². The Labute approximate surface area is 127 Å². The van der Waals surface area contributed by atoms with Gasteiger partial charge in [-0.3, -0.25) is 4.79 Å². The topological polar surface area (TPSA) is 65.8 Å². The summed E-state index contributed by atoms with van der Waals surface area (Å²) in [5, 5.41) is 3.60. The zero-order valence-corrected chi connectivity index (χ0v) is 12.2. The third-order valence-electron chi connectivity index (χ3n) is 2.98. The van der Waals surface area contributed by atoms with Crippen LogP contribution in [0.15, 0.2) is 65.8 Å². The second-order valence-corrected chi connectivity index (χ2v) is 5.59. The Bertz CT molecular complexity index is 624. The number of hydrogen-bond acceptors (Lipinski definition) is 3. The van der Waals surface area contributed by atoms with Gasteiger partial charge in [0.1, 0.15) is 0 Å². The maximum absolute atomic E-state index is 12.3. The van der Waals surface area contributed by atoms with Crippen LogP contribution in [0, 0.1) is 0 Å². The Hall–Kier alpha value is -2.23. The number of azide groups is 1. The summed E-state index contributed by atoms with van der Waals surface area (Å²) in [6, 6.07) is 19.0. The van der Waals surface area contributed by atoms with Crippen LogP contribution in [-0.4, -0.2) is 11.7 Å². The minimum absolute atomic E-state index is 0.00981. The summed E-state index contributed by atoms with van der Waals surface area (Å²) in [6.45, 7) is 0.380. The van der Waals surface area contributed by atoms with E-state index in [2.05, 4.69) is 10.0 Å². The molecule has 0 amide bonds. The van der Waals surface area contributed by atoms with Crippen molar-refractivity contribution in [1.29, 1.82) is 0 Å². The Morgan fingerprint density at radius 2 is 1.71 bits per heavy atom. The molecule has 4 nitrogen and oxygen atoms in total. The van der Waals surface area contributed by atoms with Crippen molar-refractivity contribution in [2.24, 2.45) is 5.11 Å². The molecule has 0 aliphatic carbocycles. The molecule has 0 aliphatic rings. The third kappa shape index (κ3) is 4.67. The maximum Gasteiger partial charge on any atom is 0.219 e. The van der Waals surface area contributed by atoms with Crippen molar-refractivity contribution in [3.05, 3.63) is 82.2 Å². The maximum atomic E-state index is 12.3. The number of nitrogens with zero attached hydrogens (tertiary/aromatic N) is 3. The van der Waals surface area contributed by atoms with E-state index in [0.29, 0.717) is 18.5 Å². The van der Waals surface area contributed by atoms with Gasteiger partial charge in [-0.2, -0.15) is 0 Å². The fraction of sp³-hybridized carbons (Fsp3) is 0.188. The summed E-state index contributed by atoms with van der Waals surface area (Å²) >= 11 is 1.28. The van der Waals surface area contributed by atoms with Gasteiger partial charge in [-0.1, -0.05) is 77.5 Å². The number of rotatable bonds is 6. The summed E-state index contributed by atoms with van der Waals surface area (Å²) in [5.41, 5.74) is 10.2. The van der Waals surface area contributed by atoms with Crippen LogP contribution in [0.3, 0.4) is 0 Å². The zero-order chi connectivity index (χ0) is 14.9. The Balaban J connectivity index is 2.12. The highest BCUT2D eigenvalue weighted by Crippen LogP contribution is 2.34. The minimum atomic E-state index is -0.00981. The highest BCUT2D eigenvalue weighted by atomic mass is 32.2. The molecule has 0 heterocycles. The van der Waals surface area contributed by atoms with Gasteiger partial charge in [0.2, 0.25) is 5.12 Å². The highest BCUT2D eigenvalue weighted by molar-refractivity contribution is 8.14. The van der Waals surface area contributed by atoms with E-state index in [1.807, 2.05) is 60.7 Å². The standard InChI is InChI=1S/C16H15N3OS/c17-19-18-12-11-15(13-7-3-1-4-8-13)21-16(20)14-9-5-2-6-10-14/h1-10,15H,11-12H2/t15-/m1/s1. The number of thioether (sulfide) groups is 1. The molecule has 21 heavy (non-hydrogen) atoms. The van der Waals surface area contributed by atoms with Crippen molar-refractivity contribution in [3.63, 3.8) is 0 Å². The minimum Gasteiger partial charge on any atom is -0.282 e. The first-order valence-electron chi connectivity index (χ1n) is 6.63. The summed E-state index contributed by atoms with van der Waals surface area (Å²) in [4.78, 5) is 15.1. The molecule has 0 radical (unpaired) electrons. The third-order valence-corrected chi connectivity index (χ3v) is 4.23. The molecule has 0 fully saturated rings. The smallest absolute Gasteiger partial charge is 0.219 e. The molecule has 2 aromatic carbocycles. The molecule has 0 aliphatic heterocycles. The lowest BCUT2D eigenvalue weighted by Crippen LogP contribution is -2.02. The van der Waals surface area contributed by atoms with Crippen LogP contribution in [0.4, 0.5) is 0 Å². The molecule has 0 saturated heterocycles. The molecule has 0 spiro atoms. The molecule has 0 N–H and O–H groups in total. The summed E-state index contributed by atoms with van der Waals surface area (Å²) < 4.78 is 0. The van der Waals surface area contributed by atoms with E-state index in [1.165, 1.54) is 11.8 Å². The zero-order valence-electron chi connectivity index (χ0n) is 11.4. The largest absolute Gasteiger partial charge is 0.282 e. The van der Waals surface area contributed by atoms with Crippen molar-refractivity contribution in [2.75, 3.05) is 6.54 Å². The average molecular weight is 297 g/mol. The van der Waals surface area contributed by atoms with Gasteiger partial charge in [0, 0.05) is 22.3 Å². The van der Waals surface area contributed by atoms with Gasteiger partial charge >= 0.3 is 0 Å². The predicted octanol–water partition coefficient (Wildman–Crippen LogP) is 5.00. The normalized spacial score (nSPS) is 11.4. The molecule has 5 heteroatoms. The van der Waals surface area contributed by atoms with Crippen molar-refractivity contribution in [3.8, 4) is 0 Å². The van der Waals surface area contributed by atoms with Gasteiger partial charge < -0.3 is 0 Å². The van der Waals surface area contributed by atoms with Crippen LogP contribution in [0.5, 0.6) is 0 Å². The highest BCUT2D eigenvalue weighted by Gasteiger charge is 2.17. The summed E-state index contributed by atoms with van der Waals surface area (Å²) in [5.74, 6) is 0. The van der Waals surface area contributed by atoms with Crippen molar-refractivity contribution >= 4 is 16.9 Å². The second kappa shape index (κ2) is 8.15. The molecule has 0 bridgehead atoms. The first-order valence-corrected chi connectivity index (χ1v) is 7.51. The summed E-state index contributed by atoms with van der Waals surface area (Å²) in [7, 11) is 0. The molecule has 0 unspecified atom stereocenters. The van der Waals surface area contributed by atoms with Crippen LogP contribution in [-0.2, 0) is 0 Å². The Morgan fingerprint density at radius 1 is 1.10 bits per heavy atom. The fourth-order valence-corrected chi connectivity index (χ4v) is 3.00. The molecule has 0 saturated carbocycles. The van der Waals surface area contributed by atoms with Crippen LogP contribution in [0.25, 0.3) is 10.4 Å². The summed E-state index contributed by atoms with van der Waals surface area (Å²) in [6.07, 6.45) is 0.636. The van der Waals surface area contributed by atoms with Gasteiger partial charge in [0.25, 0.3) is 0 Å². The van der Waals surface area contributed by atoms with Crippen LogP contribution < -0.4 is 0 Å². The molecule has 2 aromatic rings. The Kier molecular flexibility index (Phi) is 5.88. The predicted molar refractivity (Wildman–Crippen MR) is 86.2 cm³/mol. The van der Waals surface area contributed by atoms with E-state index in [-0.39, 0.29) is 10.4 Å². The van der Waals surface area contributed by atoms with Crippen molar-refractivity contribution in [1.82, 2.24) is 0 Å². The lowest BCUT2D eigenvalue weighted by atomic mass is 10.1. The average Bonchev–Trinajstić information content (AvgIpc) is 2.55. The number of benzene rings is 2. The van der Waals surface area contributed by atoms with Gasteiger partial charge in [0.05, 0.1) is 0 Å². The van der Waals surface area contributed by atoms with E-state index >= 15 is 0 Å². The van der Waals surface area contributed by atoms with Crippen molar-refractivity contribution < 1.29 is 4.79 Å². The second-order valence-electron chi connectivity index (χ2n) is 4.41. The van der Waals surface area contributed by atoms with Gasteiger partial charge in [-0.05, 0) is 17.5 Å². The SMILES string of the molecule is [N-]=[N+]=NCC[C@@H](SC(=O)c1ccccc1)c1ccccc1. The molecular weight excluding hydrogens is 282 g/mol. The van der Waals surface area contributed by atoms with Crippen molar-refractivity contribution in [2.45, 2.75) is 11.7 Å². The molecular formula is C16H15N3OS. The van der Waals surface area contributed by atoms with Crippen LogP contribution in [0.2, 0.25) is 0 Å². The van der Waals surface area contributed by atoms with Crippen LogP contribution in [0.1, 0.15) is 27.6 Å². The van der Waals surface area contributed by atoms with E-state index in [0.717, 1.165) is 5.56 Å². The molecule has 2 rings (SSSR count). The number of carbonyl (C=O) groups excluding carboxylic acids is 1.